The second-order valence-electron chi connectivity index (χ2n) is 4.67. The van der Waals surface area contributed by atoms with Crippen molar-refractivity contribution in [3.05, 3.63) is 63.9 Å². The molecule has 0 aromatic heterocycles. The fourth-order valence-corrected chi connectivity index (χ4v) is 2.20. The van der Waals surface area contributed by atoms with Gasteiger partial charge in [-0.3, -0.25) is 0 Å². The molecule has 0 unspecified atom stereocenters. The largest absolute Gasteiger partial charge is 0.489 e. The van der Waals surface area contributed by atoms with Crippen molar-refractivity contribution >= 4 is 11.6 Å². The van der Waals surface area contributed by atoms with Crippen molar-refractivity contribution in [2.45, 2.75) is 20.0 Å². The number of aryl methyl sites for hydroxylation is 1. The van der Waals surface area contributed by atoms with E-state index in [4.69, 9.17) is 22.1 Å². The number of hydrogen-bond acceptors (Lipinski definition) is 2. The van der Waals surface area contributed by atoms with E-state index in [1.165, 1.54) is 12.1 Å². The SMILES string of the molecule is Cc1ccc(OCc2cc(Cl)ccc2F)c(CCN)c1. The lowest BCUT2D eigenvalue weighted by Gasteiger charge is -2.12. The van der Waals surface area contributed by atoms with Crippen LogP contribution in [0.5, 0.6) is 5.75 Å². The zero-order valence-corrected chi connectivity index (χ0v) is 12.1. The smallest absolute Gasteiger partial charge is 0.129 e. The van der Waals surface area contributed by atoms with Crippen molar-refractivity contribution in [2.75, 3.05) is 6.54 Å². The van der Waals surface area contributed by atoms with E-state index in [1.807, 2.05) is 25.1 Å². The molecule has 0 saturated carbocycles. The first-order chi connectivity index (χ1) is 9.60. The summed E-state index contributed by atoms with van der Waals surface area (Å²) in [5.74, 6) is 0.419. The molecule has 0 fully saturated rings. The first kappa shape index (κ1) is 14.8. The van der Waals surface area contributed by atoms with Crippen LogP contribution in [0.15, 0.2) is 36.4 Å². The molecule has 0 aliphatic rings. The highest BCUT2D eigenvalue weighted by Crippen LogP contribution is 2.23. The molecule has 20 heavy (non-hydrogen) atoms. The van der Waals surface area contributed by atoms with Gasteiger partial charge in [0.1, 0.15) is 18.2 Å². The monoisotopic (exact) mass is 293 g/mol. The summed E-state index contributed by atoms with van der Waals surface area (Å²) in [6, 6.07) is 10.3. The number of halogens is 2. The van der Waals surface area contributed by atoms with E-state index in [1.54, 1.807) is 6.07 Å². The molecule has 0 saturated heterocycles. The van der Waals surface area contributed by atoms with Crippen molar-refractivity contribution in [1.29, 1.82) is 0 Å². The molecular formula is C16H17ClFNO. The van der Waals surface area contributed by atoms with Gasteiger partial charge in [0, 0.05) is 10.6 Å². The average molecular weight is 294 g/mol. The molecule has 2 aromatic carbocycles. The Hall–Kier alpha value is -1.58. The Kier molecular flexibility index (Phi) is 4.99. The summed E-state index contributed by atoms with van der Waals surface area (Å²) in [5, 5.41) is 0.496. The van der Waals surface area contributed by atoms with Crippen LogP contribution < -0.4 is 10.5 Å². The van der Waals surface area contributed by atoms with Crippen molar-refractivity contribution in [3.63, 3.8) is 0 Å². The summed E-state index contributed by atoms with van der Waals surface area (Å²) >= 11 is 5.86. The molecule has 0 heterocycles. The molecule has 2 N–H and O–H groups in total. The minimum atomic E-state index is -0.318. The maximum atomic E-state index is 13.6. The fourth-order valence-electron chi connectivity index (χ4n) is 2.01. The normalized spacial score (nSPS) is 10.6. The quantitative estimate of drug-likeness (QED) is 0.908. The Labute approximate surface area is 123 Å². The lowest BCUT2D eigenvalue weighted by Crippen LogP contribution is -2.06. The highest BCUT2D eigenvalue weighted by molar-refractivity contribution is 6.30. The average Bonchev–Trinajstić information content (AvgIpc) is 2.42. The molecule has 0 aliphatic carbocycles. The zero-order valence-electron chi connectivity index (χ0n) is 11.3. The van der Waals surface area contributed by atoms with Crippen LogP contribution in [0.25, 0.3) is 0 Å². The zero-order chi connectivity index (χ0) is 14.5. The number of benzene rings is 2. The third-order valence-electron chi connectivity index (χ3n) is 3.02. The molecule has 0 spiro atoms. The molecule has 0 radical (unpaired) electrons. The minimum Gasteiger partial charge on any atom is -0.489 e. The van der Waals surface area contributed by atoms with Crippen molar-refractivity contribution in [1.82, 2.24) is 0 Å². The van der Waals surface area contributed by atoms with E-state index in [2.05, 4.69) is 0 Å². The maximum absolute atomic E-state index is 13.6. The van der Waals surface area contributed by atoms with Crippen LogP contribution in [0, 0.1) is 12.7 Å². The van der Waals surface area contributed by atoms with E-state index in [-0.39, 0.29) is 12.4 Å². The van der Waals surface area contributed by atoms with Crippen LogP contribution in [-0.4, -0.2) is 6.54 Å². The van der Waals surface area contributed by atoms with Crippen LogP contribution in [0.1, 0.15) is 16.7 Å². The highest BCUT2D eigenvalue weighted by Gasteiger charge is 2.07. The minimum absolute atomic E-state index is 0.146. The van der Waals surface area contributed by atoms with E-state index in [0.717, 1.165) is 23.3 Å². The summed E-state index contributed by atoms with van der Waals surface area (Å²) in [5.41, 5.74) is 8.22. The van der Waals surface area contributed by atoms with E-state index < -0.39 is 0 Å². The summed E-state index contributed by atoms with van der Waals surface area (Å²) in [6.07, 6.45) is 0.731. The predicted octanol–water partition coefficient (Wildman–Crippen LogP) is 3.87. The molecule has 2 rings (SSSR count). The molecule has 2 aromatic rings. The molecule has 0 amide bonds. The summed E-state index contributed by atoms with van der Waals surface area (Å²) in [4.78, 5) is 0. The predicted molar refractivity (Wildman–Crippen MR) is 79.7 cm³/mol. The number of hydrogen-bond donors (Lipinski definition) is 1. The molecule has 0 bridgehead atoms. The van der Waals surface area contributed by atoms with Gasteiger partial charge in [-0.1, -0.05) is 29.3 Å². The van der Waals surface area contributed by atoms with Gasteiger partial charge in [0.05, 0.1) is 0 Å². The Balaban J connectivity index is 2.16. The summed E-state index contributed by atoms with van der Waals surface area (Å²) in [6.45, 7) is 2.71. The van der Waals surface area contributed by atoms with Crippen LogP contribution in [0.3, 0.4) is 0 Å². The van der Waals surface area contributed by atoms with Crippen LogP contribution in [0.4, 0.5) is 4.39 Å². The van der Waals surface area contributed by atoms with Gasteiger partial charge in [-0.25, -0.2) is 4.39 Å². The van der Waals surface area contributed by atoms with Gasteiger partial charge < -0.3 is 10.5 Å². The molecule has 106 valence electrons. The lowest BCUT2D eigenvalue weighted by molar-refractivity contribution is 0.296. The Morgan fingerprint density at radius 2 is 1.95 bits per heavy atom. The van der Waals surface area contributed by atoms with Gasteiger partial charge in [-0.2, -0.15) is 0 Å². The topological polar surface area (TPSA) is 35.2 Å². The third kappa shape index (κ3) is 3.71. The van der Waals surface area contributed by atoms with E-state index in [9.17, 15) is 4.39 Å². The number of ether oxygens (including phenoxy) is 1. The molecule has 2 nitrogen and oxygen atoms in total. The second kappa shape index (κ2) is 6.73. The summed E-state index contributed by atoms with van der Waals surface area (Å²) < 4.78 is 19.3. The van der Waals surface area contributed by atoms with E-state index >= 15 is 0 Å². The van der Waals surface area contributed by atoms with Gasteiger partial charge in [0.25, 0.3) is 0 Å². The van der Waals surface area contributed by atoms with Crippen molar-refractivity contribution in [2.24, 2.45) is 5.73 Å². The Morgan fingerprint density at radius 1 is 1.15 bits per heavy atom. The van der Waals surface area contributed by atoms with Crippen LogP contribution >= 0.6 is 11.6 Å². The van der Waals surface area contributed by atoms with E-state index in [0.29, 0.717) is 17.1 Å². The first-order valence-corrected chi connectivity index (χ1v) is 6.84. The van der Waals surface area contributed by atoms with Gasteiger partial charge in [0.15, 0.2) is 0 Å². The number of nitrogens with two attached hydrogens (primary N) is 1. The van der Waals surface area contributed by atoms with Crippen molar-refractivity contribution in [3.8, 4) is 5.75 Å². The van der Waals surface area contributed by atoms with Gasteiger partial charge >= 0.3 is 0 Å². The summed E-state index contributed by atoms with van der Waals surface area (Å²) in [7, 11) is 0. The number of rotatable bonds is 5. The molecule has 0 aliphatic heterocycles. The Bertz CT molecular complexity index is 601. The molecule has 4 heteroatoms. The second-order valence-corrected chi connectivity index (χ2v) is 5.11. The highest BCUT2D eigenvalue weighted by atomic mass is 35.5. The van der Waals surface area contributed by atoms with Crippen LogP contribution in [0.2, 0.25) is 5.02 Å². The van der Waals surface area contributed by atoms with Crippen molar-refractivity contribution < 1.29 is 9.13 Å². The standard InChI is InChI=1S/C16H17ClFNO/c1-11-2-5-16(12(8-11)6-7-19)20-10-13-9-14(17)3-4-15(13)18/h2-5,8-9H,6-7,10,19H2,1H3. The lowest BCUT2D eigenvalue weighted by atomic mass is 10.1. The molecule has 0 atom stereocenters. The van der Waals surface area contributed by atoms with Gasteiger partial charge in [-0.15, -0.1) is 0 Å². The van der Waals surface area contributed by atoms with Crippen LogP contribution in [-0.2, 0) is 13.0 Å². The third-order valence-corrected chi connectivity index (χ3v) is 3.26. The van der Waals surface area contributed by atoms with Gasteiger partial charge in [0.2, 0.25) is 0 Å². The maximum Gasteiger partial charge on any atom is 0.129 e. The molecular weight excluding hydrogens is 277 g/mol. The van der Waals surface area contributed by atoms with Gasteiger partial charge in [-0.05, 0) is 49.7 Å². The Morgan fingerprint density at radius 3 is 2.70 bits per heavy atom. The fraction of sp³-hybridized carbons (Fsp3) is 0.250. The first-order valence-electron chi connectivity index (χ1n) is 6.46.